The van der Waals surface area contributed by atoms with Crippen molar-refractivity contribution in [3.05, 3.63) is 36.2 Å². The Hall–Kier alpha value is -1.70. The SMILES string of the molecule is NNc1cc(Sc2nc3ccccc3s2)nc(C2CC2)n1. The number of para-hydroxylation sites is 1. The third-order valence-electron chi connectivity index (χ3n) is 3.28. The second kappa shape index (κ2) is 5.25. The van der Waals surface area contributed by atoms with Gasteiger partial charge in [-0.1, -0.05) is 12.1 Å². The molecule has 1 aliphatic rings. The van der Waals surface area contributed by atoms with Gasteiger partial charge < -0.3 is 5.43 Å². The Kier molecular flexibility index (Phi) is 3.25. The lowest BCUT2D eigenvalue weighted by molar-refractivity contribution is 0.878. The van der Waals surface area contributed by atoms with E-state index in [2.05, 4.69) is 26.4 Å². The minimum atomic E-state index is 0.494. The largest absolute Gasteiger partial charge is 0.308 e. The number of hydrogen-bond donors (Lipinski definition) is 2. The third-order valence-corrected chi connectivity index (χ3v) is 5.29. The number of hydrogen-bond acceptors (Lipinski definition) is 7. The predicted molar refractivity (Wildman–Crippen MR) is 85.6 cm³/mol. The fraction of sp³-hybridized carbons (Fsp3) is 0.214. The van der Waals surface area contributed by atoms with E-state index in [0.717, 1.165) is 20.7 Å². The quantitative estimate of drug-likeness (QED) is 0.436. The monoisotopic (exact) mass is 315 g/mol. The molecular weight excluding hydrogens is 302 g/mol. The van der Waals surface area contributed by atoms with Crippen LogP contribution in [-0.4, -0.2) is 15.0 Å². The molecule has 2 heterocycles. The van der Waals surface area contributed by atoms with E-state index in [0.29, 0.717) is 11.7 Å². The highest BCUT2D eigenvalue weighted by atomic mass is 32.2. The van der Waals surface area contributed by atoms with Crippen LogP contribution < -0.4 is 11.3 Å². The van der Waals surface area contributed by atoms with Gasteiger partial charge in [0.25, 0.3) is 0 Å². The van der Waals surface area contributed by atoms with Gasteiger partial charge in [0.05, 0.1) is 10.2 Å². The van der Waals surface area contributed by atoms with Gasteiger partial charge >= 0.3 is 0 Å². The summed E-state index contributed by atoms with van der Waals surface area (Å²) >= 11 is 3.24. The molecule has 3 aromatic rings. The normalized spacial score (nSPS) is 14.5. The van der Waals surface area contributed by atoms with Gasteiger partial charge in [0.1, 0.15) is 16.7 Å². The molecule has 1 aromatic carbocycles. The molecule has 1 fully saturated rings. The summed E-state index contributed by atoms with van der Waals surface area (Å²) in [5.41, 5.74) is 3.65. The van der Waals surface area contributed by atoms with Crippen molar-refractivity contribution in [3.8, 4) is 0 Å². The van der Waals surface area contributed by atoms with Crippen LogP contribution in [0.1, 0.15) is 24.6 Å². The van der Waals surface area contributed by atoms with E-state index in [1.54, 1.807) is 23.1 Å². The van der Waals surface area contributed by atoms with Crippen LogP contribution >= 0.6 is 23.1 Å². The zero-order valence-electron chi connectivity index (χ0n) is 11.1. The topological polar surface area (TPSA) is 76.7 Å². The molecule has 1 saturated carbocycles. The average Bonchev–Trinajstić information content (AvgIpc) is 3.27. The fourth-order valence-electron chi connectivity index (χ4n) is 2.08. The standard InChI is InChI=1S/C14H13N5S2/c15-19-11-7-12(18-13(17-11)8-5-6-8)21-14-16-9-3-1-2-4-10(9)20-14/h1-4,7-8H,5-6,15H2,(H,17,18,19). The molecule has 7 heteroatoms. The summed E-state index contributed by atoms with van der Waals surface area (Å²) in [7, 11) is 0. The van der Waals surface area contributed by atoms with E-state index in [9.17, 15) is 0 Å². The van der Waals surface area contributed by atoms with Crippen LogP contribution in [-0.2, 0) is 0 Å². The van der Waals surface area contributed by atoms with Crippen molar-refractivity contribution in [2.45, 2.75) is 28.1 Å². The van der Waals surface area contributed by atoms with Crippen LogP contribution in [0, 0.1) is 0 Å². The minimum absolute atomic E-state index is 0.494. The second-order valence-corrected chi connectivity index (χ2v) is 7.22. The highest BCUT2D eigenvalue weighted by Crippen LogP contribution is 2.40. The van der Waals surface area contributed by atoms with Gasteiger partial charge in [-0.15, -0.1) is 11.3 Å². The molecule has 5 nitrogen and oxygen atoms in total. The number of rotatable bonds is 4. The Morgan fingerprint density at radius 3 is 2.81 bits per heavy atom. The van der Waals surface area contributed by atoms with Gasteiger partial charge in [0, 0.05) is 12.0 Å². The molecule has 4 rings (SSSR count). The Bertz CT molecular complexity index is 764. The van der Waals surface area contributed by atoms with Gasteiger partial charge in [-0.2, -0.15) is 0 Å². The van der Waals surface area contributed by atoms with E-state index in [-0.39, 0.29) is 0 Å². The molecule has 0 bridgehead atoms. The first-order chi connectivity index (χ1) is 10.3. The first-order valence-electron chi connectivity index (χ1n) is 6.71. The number of nitrogens with one attached hydrogen (secondary N) is 1. The lowest BCUT2D eigenvalue weighted by Crippen LogP contribution is -2.10. The van der Waals surface area contributed by atoms with Crippen LogP contribution in [0.2, 0.25) is 0 Å². The number of fused-ring (bicyclic) bond motifs is 1. The summed E-state index contributed by atoms with van der Waals surface area (Å²) in [5, 5.41) is 0.888. The Morgan fingerprint density at radius 1 is 1.19 bits per heavy atom. The number of aromatic nitrogens is 3. The van der Waals surface area contributed by atoms with Crippen molar-refractivity contribution in [1.29, 1.82) is 0 Å². The van der Waals surface area contributed by atoms with E-state index < -0.39 is 0 Å². The van der Waals surface area contributed by atoms with E-state index in [1.807, 2.05) is 24.3 Å². The molecule has 21 heavy (non-hydrogen) atoms. The smallest absolute Gasteiger partial charge is 0.157 e. The molecule has 0 radical (unpaired) electrons. The van der Waals surface area contributed by atoms with Crippen molar-refractivity contribution in [3.63, 3.8) is 0 Å². The zero-order chi connectivity index (χ0) is 14.2. The van der Waals surface area contributed by atoms with Crippen LogP contribution in [0.15, 0.2) is 39.7 Å². The van der Waals surface area contributed by atoms with Crippen molar-refractivity contribution >= 4 is 39.1 Å². The molecule has 0 unspecified atom stereocenters. The maximum atomic E-state index is 5.50. The van der Waals surface area contributed by atoms with Crippen LogP contribution in [0.25, 0.3) is 10.2 Å². The summed E-state index contributed by atoms with van der Waals surface area (Å²) in [5.74, 6) is 7.54. The summed E-state index contributed by atoms with van der Waals surface area (Å²) in [4.78, 5) is 13.7. The molecular formula is C14H13N5S2. The average molecular weight is 315 g/mol. The Labute approximate surface area is 130 Å². The number of anilines is 1. The van der Waals surface area contributed by atoms with E-state index in [4.69, 9.17) is 5.84 Å². The third kappa shape index (κ3) is 2.72. The first kappa shape index (κ1) is 13.0. The summed E-state index contributed by atoms with van der Waals surface area (Å²) in [6, 6.07) is 10.0. The van der Waals surface area contributed by atoms with Crippen LogP contribution in [0.5, 0.6) is 0 Å². The van der Waals surface area contributed by atoms with E-state index >= 15 is 0 Å². The first-order valence-corrected chi connectivity index (χ1v) is 8.34. The summed E-state index contributed by atoms with van der Waals surface area (Å²) in [6.07, 6.45) is 2.33. The predicted octanol–water partition coefficient (Wildman–Crippen LogP) is 3.40. The van der Waals surface area contributed by atoms with Gasteiger partial charge in [-0.3, -0.25) is 0 Å². The van der Waals surface area contributed by atoms with Gasteiger partial charge in [-0.05, 0) is 36.7 Å². The number of benzene rings is 1. The van der Waals surface area contributed by atoms with Crippen molar-refractivity contribution < 1.29 is 0 Å². The van der Waals surface area contributed by atoms with Crippen molar-refractivity contribution in [2.24, 2.45) is 5.84 Å². The van der Waals surface area contributed by atoms with Gasteiger partial charge in [0.2, 0.25) is 0 Å². The fourth-order valence-corrected chi connectivity index (χ4v) is 4.10. The maximum Gasteiger partial charge on any atom is 0.157 e. The van der Waals surface area contributed by atoms with Gasteiger partial charge in [-0.25, -0.2) is 20.8 Å². The van der Waals surface area contributed by atoms with Crippen LogP contribution in [0.4, 0.5) is 5.82 Å². The highest BCUT2D eigenvalue weighted by Gasteiger charge is 2.27. The molecule has 0 amide bonds. The lowest BCUT2D eigenvalue weighted by Gasteiger charge is -2.05. The molecule has 0 saturated heterocycles. The molecule has 0 atom stereocenters. The van der Waals surface area contributed by atoms with Crippen molar-refractivity contribution in [2.75, 3.05) is 5.43 Å². The maximum absolute atomic E-state index is 5.50. The minimum Gasteiger partial charge on any atom is -0.308 e. The summed E-state index contributed by atoms with van der Waals surface area (Å²) < 4.78 is 2.17. The van der Waals surface area contributed by atoms with Crippen molar-refractivity contribution in [1.82, 2.24) is 15.0 Å². The molecule has 0 spiro atoms. The number of thiazole rings is 1. The number of nitrogen functional groups attached to an aromatic ring is 1. The second-order valence-electron chi connectivity index (χ2n) is 4.92. The Balaban J connectivity index is 1.67. The number of hydrazine groups is 1. The molecule has 0 aliphatic heterocycles. The highest BCUT2D eigenvalue weighted by molar-refractivity contribution is 8.01. The molecule has 2 aromatic heterocycles. The summed E-state index contributed by atoms with van der Waals surface area (Å²) in [6.45, 7) is 0. The van der Waals surface area contributed by atoms with Gasteiger partial charge in [0.15, 0.2) is 4.34 Å². The number of nitrogens with two attached hydrogens (primary N) is 1. The van der Waals surface area contributed by atoms with Crippen LogP contribution in [0.3, 0.4) is 0 Å². The molecule has 3 N–H and O–H groups in total. The Morgan fingerprint density at radius 2 is 2.05 bits per heavy atom. The lowest BCUT2D eigenvalue weighted by atomic mass is 10.3. The zero-order valence-corrected chi connectivity index (χ0v) is 12.7. The van der Waals surface area contributed by atoms with E-state index in [1.165, 1.54) is 17.5 Å². The molecule has 1 aliphatic carbocycles. The molecule has 106 valence electrons. The number of nitrogens with zero attached hydrogens (tertiary/aromatic N) is 3.